The first-order valence-electron chi connectivity index (χ1n) is 5.84. The molecule has 1 saturated heterocycles. The van der Waals surface area contributed by atoms with Crippen LogP contribution in [0.15, 0.2) is 0 Å². The van der Waals surface area contributed by atoms with E-state index in [9.17, 15) is 0 Å². The van der Waals surface area contributed by atoms with Gasteiger partial charge in [0.05, 0.1) is 6.61 Å². The van der Waals surface area contributed by atoms with Gasteiger partial charge in [-0.1, -0.05) is 20.8 Å². The number of hydrogen-bond acceptors (Lipinski definition) is 2. The molecule has 1 unspecified atom stereocenters. The smallest absolute Gasteiger partial charge is 0.0558 e. The number of rotatable bonds is 3. The Morgan fingerprint density at radius 1 is 1.36 bits per heavy atom. The van der Waals surface area contributed by atoms with Gasteiger partial charge in [0, 0.05) is 13.1 Å². The molecule has 0 aromatic rings. The Bertz CT molecular complexity index is 160. The highest BCUT2D eigenvalue weighted by Crippen LogP contribution is 2.29. The number of aliphatic hydroxyl groups is 1. The fraction of sp³-hybridized carbons (Fsp3) is 1.00. The van der Waals surface area contributed by atoms with Gasteiger partial charge in [-0.15, -0.1) is 0 Å². The highest BCUT2D eigenvalue weighted by atomic mass is 16.3. The molecule has 0 saturated carbocycles. The van der Waals surface area contributed by atoms with Crippen molar-refractivity contribution in [3.63, 3.8) is 0 Å². The molecule has 0 aromatic carbocycles. The Labute approximate surface area is 88.3 Å². The van der Waals surface area contributed by atoms with E-state index in [4.69, 9.17) is 5.11 Å². The standard InChI is InChI=1S/C12H25NO/c1-12(2,3)9-11-5-4-6-13(10-11)7-8-14/h11,14H,4-10H2,1-3H3. The lowest BCUT2D eigenvalue weighted by Gasteiger charge is -2.35. The molecule has 14 heavy (non-hydrogen) atoms. The third-order valence-corrected chi connectivity index (χ3v) is 2.92. The van der Waals surface area contributed by atoms with E-state index in [1.165, 1.54) is 32.4 Å². The Hall–Kier alpha value is -0.0800. The summed E-state index contributed by atoms with van der Waals surface area (Å²) in [7, 11) is 0. The number of aliphatic hydroxyl groups excluding tert-OH is 1. The molecule has 0 aromatic heterocycles. The van der Waals surface area contributed by atoms with Gasteiger partial charge >= 0.3 is 0 Å². The summed E-state index contributed by atoms with van der Waals surface area (Å²) in [6.07, 6.45) is 3.99. The zero-order valence-electron chi connectivity index (χ0n) is 9.92. The van der Waals surface area contributed by atoms with Gasteiger partial charge in [0.15, 0.2) is 0 Å². The molecule has 0 aliphatic carbocycles. The number of nitrogens with zero attached hydrogens (tertiary/aromatic N) is 1. The molecule has 1 N–H and O–H groups in total. The second kappa shape index (κ2) is 5.13. The molecule has 1 aliphatic rings. The Balaban J connectivity index is 2.32. The summed E-state index contributed by atoms with van der Waals surface area (Å²) in [5.41, 5.74) is 0.451. The molecule has 2 heteroatoms. The van der Waals surface area contributed by atoms with Gasteiger partial charge in [-0.25, -0.2) is 0 Å². The van der Waals surface area contributed by atoms with Crippen molar-refractivity contribution >= 4 is 0 Å². The lowest BCUT2D eigenvalue weighted by molar-refractivity contribution is 0.118. The lowest BCUT2D eigenvalue weighted by Crippen LogP contribution is -2.38. The van der Waals surface area contributed by atoms with E-state index in [1.807, 2.05) is 0 Å². The van der Waals surface area contributed by atoms with E-state index in [2.05, 4.69) is 25.7 Å². The molecule has 0 bridgehead atoms. The lowest BCUT2D eigenvalue weighted by atomic mass is 9.81. The molecular formula is C12H25NO. The van der Waals surface area contributed by atoms with E-state index in [-0.39, 0.29) is 0 Å². The summed E-state index contributed by atoms with van der Waals surface area (Å²) >= 11 is 0. The summed E-state index contributed by atoms with van der Waals surface area (Å²) in [6, 6.07) is 0. The first kappa shape index (κ1) is 12.0. The molecule has 0 radical (unpaired) electrons. The highest BCUT2D eigenvalue weighted by Gasteiger charge is 2.23. The Kier molecular flexibility index (Phi) is 4.39. The van der Waals surface area contributed by atoms with Gasteiger partial charge in [0.1, 0.15) is 0 Å². The van der Waals surface area contributed by atoms with Crippen molar-refractivity contribution in [2.45, 2.75) is 40.0 Å². The zero-order valence-corrected chi connectivity index (χ0v) is 9.92. The van der Waals surface area contributed by atoms with Crippen LogP contribution in [-0.2, 0) is 0 Å². The topological polar surface area (TPSA) is 23.5 Å². The number of β-amino-alcohol motifs (C(OH)–C–C–N with tert-alkyl or cyclic N) is 1. The van der Waals surface area contributed by atoms with Crippen molar-refractivity contribution in [1.82, 2.24) is 4.90 Å². The van der Waals surface area contributed by atoms with Crippen molar-refractivity contribution in [1.29, 1.82) is 0 Å². The minimum absolute atomic E-state index is 0.308. The average Bonchev–Trinajstić information content (AvgIpc) is 2.02. The van der Waals surface area contributed by atoms with Crippen LogP contribution in [0.4, 0.5) is 0 Å². The minimum atomic E-state index is 0.308. The molecule has 2 nitrogen and oxygen atoms in total. The van der Waals surface area contributed by atoms with Crippen LogP contribution < -0.4 is 0 Å². The molecule has 1 fully saturated rings. The normalized spacial score (nSPS) is 25.3. The van der Waals surface area contributed by atoms with Crippen LogP contribution in [0.5, 0.6) is 0 Å². The van der Waals surface area contributed by atoms with Crippen LogP contribution in [-0.4, -0.2) is 36.2 Å². The van der Waals surface area contributed by atoms with Gasteiger partial charge in [0.2, 0.25) is 0 Å². The monoisotopic (exact) mass is 199 g/mol. The van der Waals surface area contributed by atoms with E-state index in [1.54, 1.807) is 0 Å². The molecule has 1 heterocycles. The van der Waals surface area contributed by atoms with Crippen molar-refractivity contribution in [2.75, 3.05) is 26.2 Å². The summed E-state index contributed by atoms with van der Waals surface area (Å²) in [6.45, 7) is 10.5. The maximum absolute atomic E-state index is 8.90. The minimum Gasteiger partial charge on any atom is -0.395 e. The quantitative estimate of drug-likeness (QED) is 0.752. The highest BCUT2D eigenvalue weighted by molar-refractivity contribution is 4.77. The molecule has 1 rings (SSSR count). The van der Waals surface area contributed by atoms with Gasteiger partial charge < -0.3 is 10.0 Å². The third kappa shape index (κ3) is 4.43. The second-order valence-electron chi connectivity index (χ2n) is 5.80. The summed E-state index contributed by atoms with van der Waals surface area (Å²) in [4.78, 5) is 2.40. The van der Waals surface area contributed by atoms with Crippen LogP contribution in [0.25, 0.3) is 0 Å². The van der Waals surface area contributed by atoms with Gasteiger partial charge in [0.25, 0.3) is 0 Å². The second-order valence-corrected chi connectivity index (χ2v) is 5.80. The van der Waals surface area contributed by atoms with Crippen molar-refractivity contribution in [3.05, 3.63) is 0 Å². The van der Waals surface area contributed by atoms with E-state index in [0.717, 1.165) is 12.5 Å². The Morgan fingerprint density at radius 3 is 2.64 bits per heavy atom. The molecule has 84 valence electrons. The largest absolute Gasteiger partial charge is 0.395 e. The van der Waals surface area contributed by atoms with E-state index < -0.39 is 0 Å². The molecule has 1 atom stereocenters. The third-order valence-electron chi connectivity index (χ3n) is 2.92. The van der Waals surface area contributed by atoms with E-state index >= 15 is 0 Å². The molecular weight excluding hydrogens is 174 g/mol. The van der Waals surface area contributed by atoms with Gasteiger partial charge in [-0.2, -0.15) is 0 Å². The first-order valence-corrected chi connectivity index (χ1v) is 5.84. The van der Waals surface area contributed by atoms with Gasteiger partial charge in [-0.05, 0) is 37.1 Å². The Morgan fingerprint density at radius 2 is 2.07 bits per heavy atom. The SMILES string of the molecule is CC(C)(C)CC1CCCN(CCO)C1. The van der Waals surface area contributed by atoms with Gasteiger partial charge in [-0.3, -0.25) is 0 Å². The van der Waals surface area contributed by atoms with E-state index in [0.29, 0.717) is 12.0 Å². The van der Waals surface area contributed by atoms with Crippen LogP contribution in [0.2, 0.25) is 0 Å². The number of hydrogen-bond donors (Lipinski definition) is 1. The predicted octanol–water partition coefficient (Wildman–Crippen LogP) is 2.13. The van der Waals surface area contributed by atoms with Crippen molar-refractivity contribution in [2.24, 2.45) is 11.3 Å². The maximum Gasteiger partial charge on any atom is 0.0558 e. The molecule has 0 amide bonds. The van der Waals surface area contributed by atoms with Crippen LogP contribution in [0.1, 0.15) is 40.0 Å². The fourth-order valence-electron chi connectivity index (χ4n) is 2.53. The summed E-state index contributed by atoms with van der Waals surface area (Å²) < 4.78 is 0. The molecule has 1 aliphatic heterocycles. The van der Waals surface area contributed by atoms with Crippen LogP contribution in [0.3, 0.4) is 0 Å². The number of piperidine rings is 1. The zero-order chi connectivity index (χ0) is 10.6. The summed E-state index contributed by atoms with van der Waals surface area (Å²) in [5.74, 6) is 0.843. The first-order chi connectivity index (χ1) is 6.51. The van der Waals surface area contributed by atoms with Crippen molar-refractivity contribution in [3.8, 4) is 0 Å². The average molecular weight is 199 g/mol. The fourth-order valence-corrected chi connectivity index (χ4v) is 2.53. The predicted molar refractivity (Wildman–Crippen MR) is 60.3 cm³/mol. The molecule has 0 spiro atoms. The summed E-state index contributed by atoms with van der Waals surface area (Å²) in [5, 5.41) is 8.90. The van der Waals surface area contributed by atoms with Crippen LogP contribution in [0, 0.1) is 11.3 Å². The number of likely N-dealkylation sites (tertiary alicyclic amines) is 1. The van der Waals surface area contributed by atoms with Crippen molar-refractivity contribution < 1.29 is 5.11 Å². The van der Waals surface area contributed by atoms with Crippen LogP contribution >= 0.6 is 0 Å². The maximum atomic E-state index is 8.90.